The monoisotopic (exact) mass is 681 g/mol. The van der Waals surface area contributed by atoms with Gasteiger partial charge in [0.15, 0.2) is 2.14 Å². The van der Waals surface area contributed by atoms with Crippen LogP contribution in [-0.2, 0) is 0 Å². The molecule has 8 heteroatoms. The zero-order valence-corrected chi connectivity index (χ0v) is 17.9. The molecule has 0 amide bonds. The highest BCUT2D eigenvalue weighted by Crippen LogP contribution is 2.58. The largest absolute Gasteiger partial charge is 0.159 e. The maximum Gasteiger partial charge on any atom is 0.159 e. The van der Waals surface area contributed by atoms with E-state index in [-0.39, 0.29) is 5.38 Å². The first-order valence-electron chi connectivity index (χ1n) is 2.47. The second kappa shape index (κ2) is 5.45. The Labute approximate surface area is 139 Å². The van der Waals surface area contributed by atoms with E-state index in [1.807, 2.05) is 0 Å². The average molecular weight is 689 g/mol. The summed E-state index contributed by atoms with van der Waals surface area (Å²) in [6, 6.07) is 0. The molecule has 0 aliphatic rings. The van der Waals surface area contributed by atoms with E-state index < -0.39 is 2.14 Å². The summed E-state index contributed by atoms with van der Waals surface area (Å²) in [7, 11) is 0. The number of hydrogen-bond donors (Lipinski definition) is 0. The fraction of sp³-hybridized carbons (Fsp3) is 1.00. The first kappa shape index (κ1) is 15.8. The first-order valence-corrected chi connectivity index (χ1v) is 8.81. The van der Waals surface area contributed by atoms with Crippen LogP contribution in [0, 0.1) is 0 Å². The molecule has 0 atom stereocenters. The number of hydrogen-bond acceptors (Lipinski definition) is 0. The fourth-order valence-corrected chi connectivity index (χ4v) is 5.13. The third kappa shape index (κ3) is 6.43. The molecule has 0 radical (unpaired) electrons. The molecule has 0 aliphatic heterocycles. The molecule has 0 unspecified atom stereocenters. The van der Waals surface area contributed by atoms with Crippen molar-refractivity contribution in [3.63, 3.8) is 0 Å². The Bertz CT molecular complexity index is 149. The smallest absolute Gasteiger partial charge is 0.0691 e. The zero-order valence-electron chi connectivity index (χ0n) is 5.23. The van der Waals surface area contributed by atoms with Gasteiger partial charge in [0.1, 0.15) is 5.38 Å². The van der Waals surface area contributed by atoms with Gasteiger partial charge in [-0.05, 0) is 0 Å². The van der Waals surface area contributed by atoms with Crippen LogP contribution >= 0.6 is 127 Å². The van der Waals surface area contributed by atoms with Crippen LogP contribution in [-0.4, -0.2) is 7.52 Å². The molecule has 0 bridgehead atoms. The first-order chi connectivity index (χ1) is 4.96. The molecule has 0 rings (SSSR count). The quantitative estimate of drug-likeness (QED) is 0.275. The molecular weight excluding hydrogens is 687 g/mol. The van der Waals surface area contributed by atoms with Crippen molar-refractivity contribution < 1.29 is 0 Å². The maximum atomic E-state index is 3.52. The van der Waals surface area contributed by atoms with Gasteiger partial charge in [-0.15, -0.1) is 0 Å². The molecule has 74 valence electrons. The van der Waals surface area contributed by atoms with Crippen molar-refractivity contribution in [2.24, 2.45) is 0 Å². The summed E-state index contributed by atoms with van der Waals surface area (Å²) in [6.45, 7) is 0. The number of halogens is 8. The van der Waals surface area contributed by atoms with Crippen molar-refractivity contribution in [1.82, 2.24) is 0 Å². The second-order valence-electron chi connectivity index (χ2n) is 1.99. The number of rotatable bonds is 1. The Morgan fingerprint density at radius 2 is 1.00 bits per heavy atom. The van der Waals surface area contributed by atoms with Gasteiger partial charge in [-0.25, -0.2) is 0 Å². The van der Waals surface area contributed by atoms with Gasteiger partial charge in [-0.2, -0.15) is 0 Å². The summed E-state index contributed by atoms with van der Waals surface area (Å²) in [5.74, 6) is 0. The molecule has 0 fully saturated rings. The van der Waals surface area contributed by atoms with Crippen LogP contribution in [0.5, 0.6) is 0 Å². The zero-order chi connectivity index (χ0) is 10.2. The highest BCUT2D eigenvalue weighted by atomic mass is 80.0. The third-order valence-electron chi connectivity index (χ3n) is 0.837. The molecule has 0 nitrogen and oxygen atoms in total. The summed E-state index contributed by atoms with van der Waals surface area (Å²) in [4.78, 5) is 0. The van der Waals surface area contributed by atoms with Crippen LogP contribution in [0.4, 0.5) is 0 Å². The van der Waals surface area contributed by atoms with Crippen LogP contribution in [0.2, 0.25) is 0 Å². The highest BCUT2D eigenvalue weighted by molar-refractivity contribution is 9.41. The predicted octanol–water partition coefficient (Wildman–Crippen LogP) is 6.54. The highest BCUT2D eigenvalue weighted by Gasteiger charge is 2.46. The van der Waals surface area contributed by atoms with E-state index in [0.717, 1.165) is 6.42 Å². The molecular formula is C4H2Br8. The van der Waals surface area contributed by atoms with Crippen LogP contribution in [0.3, 0.4) is 0 Å². The molecule has 12 heavy (non-hydrogen) atoms. The molecule has 0 spiro atoms. The van der Waals surface area contributed by atoms with E-state index in [1.54, 1.807) is 0 Å². The summed E-state index contributed by atoms with van der Waals surface area (Å²) in [5.41, 5.74) is 0. The number of alkyl halides is 8. The van der Waals surface area contributed by atoms with Gasteiger partial charge in [0.05, 0.1) is 0 Å². The van der Waals surface area contributed by atoms with Gasteiger partial charge < -0.3 is 0 Å². The average Bonchev–Trinajstić information content (AvgIpc) is 1.52. The van der Waals surface area contributed by atoms with Crippen molar-refractivity contribution in [2.75, 3.05) is 0 Å². The van der Waals surface area contributed by atoms with Crippen LogP contribution in [0.1, 0.15) is 6.42 Å². The Hall–Kier alpha value is 3.84. The minimum Gasteiger partial charge on any atom is -0.0691 e. The maximum absolute atomic E-state index is 3.52. The normalized spacial score (nSPS) is 15.0. The van der Waals surface area contributed by atoms with E-state index >= 15 is 0 Å². The van der Waals surface area contributed by atoms with Crippen LogP contribution in [0.25, 0.3) is 0 Å². The van der Waals surface area contributed by atoms with Gasteiger partial charge in [0.2, 0.25) is 0 Å². The minimum absolute atomic E-state index is 0.305. The Kier molecular flexibility index (Phi) is 7.19. The molecule has 0 heterocycles. The van der Waals surface area contributed by atoms with Crippen LogP contribution in [0.15, 0.2) is 0 Å². The van der Waals surface area contributed by atoms with Gasteiger partial charge in [0.25, 0.3) is 0 Å². The van der Waals surface area contributed by atoms with E-state index in [2.05, 4.69) is 127 Å². The molecule has 0 aromatic rings. The van der Waals surface area contributed by atoms with E-state index in [4.69, 9.17) is 0 Å². The topological polar surface area (TPSA) is 0 Å². The van der Waals surface area contributed by atoms with Gasteiger partial charge in [0, 0.05) is 6.42 Å². The molecule has 0 aromatic heterocycles. The van der Waals surface area contributed by atoms with Crippen molar-refractivity contribution in [3.8, 4) is 0 Å². The van der Waals surface area contributed by atoms with Gasteiger partial charge in [-0.3, -0.25) is 0 Å². The molecule has 0 saturated heterocycles. The standard InChI is InChI=1S/C4H2Br8/c5-2(6,4(10,11)12)1-3(7,8)9/h1H2. The predicted molar refractivity (Wildman–Crippen MR) is 84.2 cm³/mol. The van der Waals surface area contributed by atoms with E-state index in [1.165, 1.54) is 0 Å². The summed E-state index contributed by atoms with van der Waals surface area (Å²) >= 11 is 27.6. The Balaban J connectivity index is 4.44. The van der Waals surface area contributed by atoms with Crippen molar-refractivity contribution >= 4 is 127 Å². The second-order valence-corrected chi connectivity index (χ2v) is 19.8. The molecule has 0 aliphatic carbocycles. The lowest BCUT2D eigenvalue weighted by atomic mass is 10.4. The van der Waals surface area contributed by atoms with Gasteiger partial charge in [-0.1, -0.05) is 127 Å². The fourth-order valence-electron chi connectivity index (χ4n) is 0.352. The lowest BCUT2D eigenvalue weighted by Crippen LogP contribution is -2.32. The van der Waals surface area contributed by atoms with Crippen molar-refractivity contribution in [3.05, 3.63) is 0 Å². The van der Waals surface area contributed by atoms with Crippen LogP contribution < -0.4 is 0 Å². The summed E-state index contributed by atoms with van der Waals surface area (Å²) in [5, 5.41) is 0. The summed E-state index contributed by atoms with van der Waals surface area (Å²) in [6.07, 6.45) is 0.724. The summed E-state index contributed by atoms with van der Waals surface area (Å²) < 4.78 is -1.06. The molecule has 0 N–H and O–H groups in total. The van der Waals surface area contributed by atoms with Crippen molar-refractivity contribution in [1.29, 1.82) is 0 Å². The van der Waals surface area contributed by atoms with Gasteiger partial charge >= 0.3 is 0 Å². The minimum atomic E-state index is -0.416. The van der Waals surface area contributed by atoms with E-state index in [9.17, 15) is 0 Å². The molecule has 0 saturated carbocycles. The SMILES string of the molecule is BrC(Br)(Br)CC(Br)(Br)C(Br)(Br)Br. The lowest BCUT2D eigenvalue weighted by Gasteiger charge is -2.32. The molecule has 0 aromatic carbocycles. The Morgan fingerprint density at radius 3 is 1.08 bits per heavy atom. The third-order valence-corrected chi connectivity index (χ3v) is 8.65. The van der Waals surface area contributed by atoms with E-state index in [0.29, 0.717) is 0 Å². The lowest BCUT2D eigenvalue weighted by molar-refractivity contribution is 0.838. The van der Waals surface area contributed by atoms with Crippen molar-refractivity contribution in [2.45, 2.75) is 13.9 Å². The Morgan fingerprint density at radius 1 is 0.667 bits per heavy atom.